The van der Waals surface area contributed by atoms with Crippen molar-refractivity contribution in [2.24, 2.45) is 34.0 Å². The molecule has 6 aliphatic carbocycles. The highest BCUT2D eigenvalue weighted by atomic mass is 16.6. The van der Waals surface area contributed by atoms with Gasteiger partial charge in [0.15, 0.2) is 6.29 Å². The van der Waals surface area contributed by atoms with E-state index in [1.807, 2.05) is 14.1 Å². The van der Waals surface area contributed by atoms with Gasteiger partial charge < -0.3 is 29.3 Å². The Morgan fingerprint density at radius 2 is 1.77 bits per heavy atom. The van der Waals surface area contributed by atoms with Crippen molar-refractivity contribution in [3.05, 3.63) is 23.7 Å². The molecule has 43 heavy (non-hydrogen) atoms. The maximum Gasteiger partial charge on any atom is 0.155 e. The Balaban J connectivity index is 0.955. The Hall–Kier alpha value is -1.12. The molecule has 4 fully saturated rings. The van der Waals surface area contributed by atoms with Crippen LogP contribution in [0.5, 0.6) is 0 Å². The van der Waals surface area contributed by atoms with Gasteiger partial charge in [-0.25, -0.2) is 0 Å². The Labute approximate surface area is 260 Å². The lowest BCUT2D eigenvalue weighted by Gasteiger charge is -2.77. The summed E-state index contributed by atoms with van der Waals surface area (Å²) in [4.78, 5) is 2.09. The number of allylic oxidation sites excluding steroid dienone is 4. The average Bonchev–Trinajstić information content (AvgIpc) is 3.33. The molecule has 7 unspecified atom stereocenters. The van der Waals surface area contributed by atoms with Gasteiger partial charge in [0.1, 0.15) is 18.9 Å². The SMILES string of the molecule is COC1=CCCC(CCC2CCCC=C2OCC(CN(C)C)OC(O)CCC(O)NC23CC4(C)CC5CC(C)(C2)C54C3)C1. The number of aliphatic hydroxyl groups excluding tert-OH is 2. The topological polar surface area (TPSA) is 83.4 Å². The van der Waals surface area contributed by atoms with E-state index in [9.17, 15) is 10.2 Å². The minimum atomic E-state index is -0.925. The molecule has 1 spiro atoms. The summed E-state index contributed by atoms with van der Waals surface area (Å²) < 4.78 is 18.1. The zero-order valence-electron chi connectivity index (χ0n) is 27.7. The summed E-state index contributed by atoms with van der Waals surface area (Å²) >= 11 is 0. The first-order valence-corrected chi connectivity index (χ1v) is 17.5. The van der Waals surface area contributed by atoms with Crippen molar-refractivity contribution >= 4 is 0 Å². The summed E-state index contributed by atoms with van der Waals surface area (Å²) in [5.41, 5.74) is 1.48. The van der Waals surface area contributed by atoms with Gasteiger partial charge in [-0.2, -0.15) is 0 Å². The van der Waals surface area contributed by atoms with Gasteiger partial charge in [0.2, 0.25) is 0 Å². The lowest BCUT2D eigenvalue weighted by molar-refractivity contribution is -0.286. The fourth-order valence-electron chi connectivity index (χ4n) is 11.7. The number of hydrogen-bond acceptors (Lipinski definition) is 7. The number of likely N-dealkylation sites (N-methyl/N-ethyl adjacent to an activating group) is 1. The average molecular weight is 601 g/mol. The van der Waals surface area contributed by atoms with Crippen molar-refractivity contribution in [3.8, 4) is 0 Å². The molecule has 0 aliphatic heterocycles. The van der Waals surface area contributed by atoms with Gasteiger partial charge in [-0.05, 0) is 138 Å². The van der Waals surface area contributed by atoms with Crippen LogP contribution in [0.3, 0.4) is 0 Å². The number of rotatable bonds is 16. The van der Waals surface area contributed by atoms with Gasteiger partial charge in [0.25, 0.3) is 0 Å². The smallest absolute Gasteiger partial charge is 0.155 e. The molecule has 0 aromatic heterocycles. The summed E-state index contributed by atoms with van der Waals surface area (Å²) in [6.07, 6.45) is 19.2. The third-order valence-electron chi connectivity index (χ3n) is 13.0. The van der Waals surface area contributed by atoms with Crippen LogP contribution in [0.4, 0.5) is 0 Å². The number of aliphatic hydroxyl groups is 2. The second-order valence-corrected chi connectivity index (χ2v) is 16.4. The lowest BCUT2D eigenvalue weighted by Crippen LogP contribution is -2.71. The predicted molar refractivity (Wildman–Crippen MR) is 169 cm³/mol. The van der Waals surface area contributed by atoms with Gasteiger partial charge >= 0.3 is 0 Å². The monoisotopic (exact) mass is 600 g/mol. The van der Waals surface area contributed by atoms with E-state index in [-0.39, 0.29) is 11.6 Å². The van der Waals surface area contributed by atoms with E-state index in [0.29, 0.717) is 54.1 Å². The zero-order chi connectivity index (χ0) is 30.5. The van der Waals surface area contributed by atoms with Crippen LogP contribution in [0, 0.1) is 34.0 Å². The van der Waals surface area contributed by atoms with Crippen LogP contribution >= 0.6 is 0 Å². The maximum absolute atomic E-state index is 11.1. The van der Waals surface area contributed by atoms with Crippen LogP contribution in [0.25, 0.3) is 0 Å². The molecule has 0 aromatic carbocycles. The number of nitrogens with one attached hydrogen (secondary N) is 1. The van der Waals surface area contributed by atoms with Gasteiger partial charge in [-0.15, -0.1) is 0 Å². The van der Waals surface area contributed by atoms with Crippen LogP contribution in [0.1, 0.15) is 110 Å². The third-order valence-corrected chi connectivity index (χ3v) is 13.0. The third kappa shape index (κ3) is 5.95. The number of nitrogens with zero attached hydrogens (tertiary/aromatic N) is 1. The van der Waals surface area contributed by atoms with E-state index in [2.05, 4.69) is 36.2 Å². The van der Waals surface area contributed by atoms with E-state index < -0.39 is 12.5 Å². The Kier molecular flexibility index (Phi) is 9.07. The van der Waals surface area contributed by atoms with E-state index in [4.69, 9.17) is 14.2 Å². The summed E-state index contributed by atoms with van der Waals surface area (Å²) in [5.74, 6) is 4.34. The van der Waals surface area contributed by atoms with Gasteiger partial charge in [0, 0.05) is 30.8 Å². The molecular weight excluding hydrogens is 540 g/mol. The molecule has 244 valence electrons. The van der Waals surface area contributed by atoms with Gasteiger partial charge in [0.05, 0.1) is 18.6 Å². The minimum Gasteiger partial charge on any atom is -0.501 e. The van der Waals surface area contributed by atoms with Gasteiger partial charge in [-0.1, -0.05) is 13.8 Å². The van der Waals surface area contributed by atoms with Crippen LogP contribution in [0.15, 0.2) is 23.7 Å². The number of methoxy groups -OCH3 is 1. The second-order valence-electron chi connectivity index (χ2n) is 16.4. The molecule has 6 aliphatic rings. The van der Waals surface area contributed by atoms with E-state index in [0.717, 1.165) is 43.1 Å². The zero-order valence-corrected chi connectivity index (χ0v) is 27.7. The predicted octanol–water partition coefficient (Wildman–Crippen LogP) is 6.11. The summed E-state index contributed by atoms with van der Waals surface area (Å²) in [5, 5.41) is 25.6. The largest absolute Gasteiger partial charge is 0.501 e. The second kappa shape index (κ2) is 12.2. The van der Waals surface area contributed by atoms with Crippen molar-refractivity contribution in [1.29, 1.82) is 0 Å². The van der Waals surface area contributed by atoms with Crippen molar-refractivity contribution in [2.75, 3.05) is 34.4 Å². The van der Waals surface area contributed by atoms with Crippen molar-refractivity contribution in [1.82, 2.24) is 10.2 Å². The Bertz CT molecular complexity index is 1040. The molecule has 0 saturated heterocycles. The minimum absolute atomic E-state index is 0.0608. The fourth-order valence-corrected chi connectivity index (χ4v) is 11.7. The van der Waals surface area contributed by atoms with Crippen molar-refractivity contribution in [3.63, 3.8) is 0 Å². The van der Waals surface area contributed by atoms with Crippen LogP contribution in [-0.4, -0.2) is 73.6 Å². The molecule has 7 nitrogen and oxygen atoms in total. The molecule has 7 heteroatoms. The summed E-state index contributed by atoms with van der Waals surface area (Å²) in [6.45, 7) is 6.10. The first-order chi connectivity index (χ1) is 20.5. The Morgan fingerprint density at radius 3 is 2.44 bits per heavy atom. The fraction of sp³-hybridized carbons (Fsp3) is 0.889. The van der Waals surface area contributed by atoms with E-state index in [1.165, 1.54) is 57.8 Å². The molecular formula is C36H60N2O5. The normalized spacial score (nSPS) is 41.4. The maximum atomic E-state index is 11.1. The molecule has 0 aromatic rings. The standard InChI is InChI=1S/C36H60N2O5/c1-33-18-27-19-34(2)23-35(22-33,24-36(27,33)34)37-31(39)15-16-32(40)43-29(20-38(3)4)21-42-30-12-7-6-10-26(30)14-13-25-9-8-11-28(17-25)41-5/h11-12,25-27,29,31-32,37,39-40H,6-10,13-24H2,1-5H3. The summed E-state index contributed by atoms with van der Waals surface area (Å²) in [6, 6.07) is 0. The quantitative estimate of drug-likeness (QED) is 0.184. The molecule has 6 rings (SSSR count). The Morgan fingerprint density at radius 1 is 1.00 bits per heavy atom. The molecule has 4 saturated carbocycles. The molecule has 0 heterocycles. The molecule has 3 N–H and O–H groups in total. The van der Waals surface area contributed by atoms with E-state index >= 15 is 0 Å². The van der Waals surface area contributed by atoms with Crippen molar-refractivity contribution in [2.45, 2.75) is 134 Å². The highest BCUT2D eigenvalue weighted by Crippen LogP contribution is 2.91. The van der Waals surface area contributed by atoms with Crippen LogP contribution in [-0.2, 0) is 14.2 Å². The highest BCUT2D eigenvalue weighted by molar-refractivity contribution is 5.37. The van der Waals surface area contributed by atoms with Crippen molar-refractivity contribution < 1.29 is 24.4 Å². The first-order valence-electron chi connectivity index (χ1n) is 17.5. The highest BCUT2D eigenvalue weighted by Gasteiger charge is 2.86. The molecule has 2 bridgehead atoms. The molecule has 0 amide bonds. The van der Waals surface area contributed by atoms with E-state index in [1.54, 1.807) is 7.11 Å². The van der Waals surface area contributed by atoms with Crippen LogP contribution in [0.2, 0.25) is 0 Å². The number of fused-ring (bicyclic) bond motifs is 1. The van der Waals surface area contributed by atoms with Gasteiger partial charge in [-0.3, -0.25) is 5.32 Å². The molecule has 0 radical (unpaired) electrons. The first kappa shape index (κ1) is 31.8. The van der Waals surface area contributed by atoms with Crippen LogP contribution < -0.4 is 5.32 Å². The number of hydrogen-bond donors (Lipinski definition) is 3. The summed E-state index contributed by atoms with van der Waals surface area (Å²) in [7, 11) is 5.84. The number of ether oxygens (including phenoxy) is 3. The lowest BCUT2D eigenvalue weighted by atomic mass is 9.27. The molecule has 7 atom stereocenters.